The Morgan fingerprint density at radius 3 is 2.30 bits per heavy atom. The molecule has 111 valence electrons. The molecule has 0 bridgehead atoms. The second-order valence-corrected chi connectivity index (χ2v) is 8.27. The minimum atomic E-state index is -0.641. The lowest BCUT2D eigenvalue weighted by Crippen LogP contribution is -2.20. The highest BCUT2D eigenvalue weighted by Gasteiger charge is 2.22. The molecule has 0 aliphatic carbocycles. The van der Waals surface area contributed by atoms with E-state index in [1.807, 2.05) is 45.0 Å². The number of ether oxygens (including phenoxy) is 1. The van der Waals surface area contributed by atoms with Gasteiger partial charge in [-0.05, 0) is 43.3 Å². The van der Waals surface area contributed by atoms with Gasteiger partial charge in [-0.2, -0.15) is 0 Å². The fourth-order valence-electron chi connectivity index (χ4n) is 1.75. The number of carbonyl (C=O) groups excluding carboxylic acids is 1. The van der Waals surface area contributed by atoms with Gasteiger partial charge in [0.2, 0.25) is 9.04 Å². The van der Waals surface area contributed by atoms with Crippen molar-refractivity contribution >= 4 is 14.8 Å². The monoisotopic (exact) mass is 293 g/mol. The molecule has 0 aromatic heterocycles. The van der Waals surface area contributed by atoms with Gasteiger partial charge >= 0.3 is 0 Å². The highest BCUT2D eigenvalue weighted by atomic mass is 28.3. The highest BCUT2D eigenvalue weighted by Crippen LogP contribution is 2.22. The van der Waals surface area contributed by atoms with Gasteiger partial charge in [0.05, 0.1) is 6.61 Å². The van der Waals surface area contributed by atoms with Gasteiger partial charge in [-0.25, -0.2) is 0 Å². The number of ketones is 1. The summed E-state index contributed by atoms with van der Waals surface area (Å²) in [5, 5.41) is 0. The molecule has 0 spiro atoms. The van der Waals surface area contributed by atoms with Crippen molar-refractivity contribution in [3.8, 4) is 5.75 Å². The molecule has 0 aliphatic heterocycles. The maximum absolute atomic E-state index is 12.1. The Morgan fingerprint density at radius 1 is 1.20 bits per heavy atom. The van der Waals surface area contributed by atoms with Crippen LogP contribution in [0.4, 0.5) is 0 Å². The maximum atomic E-state index is 12.1. The Balaban J connectivity index is 2.45. The Morgan fingerprint density at radius 2 is 1.80 bits per heavy atom. The quantitative estimate of drug-likeness (QED) is 0.434. The van der Waals surface area contributed by atoms with Crippen LogP contribution < -0.4 is 4.74 Å². The molecule has 0 N–H and O–H groups in total. The molecule has 0 amide bonds. The average Bonchev–Trinajstić information content (AvgIpc) is 2.42. The molecule has 0 fully saturated rings. The second-order valence-electron chi connectivity index (χ2n) is 5.96. The van der Waals surface area contributed by atoms with Crippen molar-refractivity contribution in [2.45, 2.75) is 39.8 Å². The first-order valence-electron chi connectivity index (χ1n) is 6.98. The van der Waals surface area contributed by atoms with Gasteiger partial charge in [0.1, 0.15) is 5.75 Å². The maximum Gasteiger partial charge on any atom is 0.207 e. The third-order valence-electron chi connectivity index (χ3n) is 3.09. The summed E-state index contributed by atoms with van der Waals surface area (Å²) < 4.78 is 11.0. The molecule has 1 rings (SSSR count). The molecule has 1 radical (unpaired) electrons. The smallest absolute Gasteiger partial charge is 0.207 e. The number of hydrogen-bond acceptors (Lipinski definition) is 3. The van der Waals surface area contributed by atoms with Crippen molar-refractivity contribution in [3.05, 3.63) is 29.8 Å². The summed E-state index contributed by atoms with van der Waals surface area (Å²) in [6.07, 6.45) is 1.00. The van der Waals surface area contributed by atoms with Gasteiger partial charge in [0, 0.05) is 18.1 Å². The summed E-state index contributed by atoms with van der Waals surface area (Å²) in [7, 11) is 1.12. The van der Waals surface area contributed by atoms with Gasteiger partial charge in [-0.15, -0.1) is 0 Å². The van der Waals surface area contributed by atoms with Crippen LogP contribution in [0.5, 0.6) is 5.75 Å². The van der Waals surface area contributed by atoms with Crippen molar-refractivity contribution < 1.29 is 14.0 Å². The molecule has 0 heterocycles. The number of rotatable bonds is 7. The first-order valence-corrected chi connectivity index (χ1v) is 9.10. The van der Waals surface area contributed by atoms with E-state index in [1.165, 1.54) is 0 Å². The molecular formula is C16H25O3Si. The van der Waals surface area contributed by atoms with Crippen molar-refractivity contribution in [3.63, 3.8) is 0 Å². The van der Waals surface area contributed by atoms with Crippen molar-refractivity contribution in [1.82, 2.24) is 0 Å². The Bertz CT molecular complexity index is 420. The van der Waals surface area contributed by atoms with E-state index in [1.54, 1.807) is 7.11 Å². The molecule has 1 aromatic rings. The lowest BCUT2D eigenvalue weighted by atomic mass is 9.86. The summed E-state index contributed by atoms with van der Waals surface area (Å²) in [4.78, 5) is 12.1. The molecule has 20 heavy (non-hydrogen) atoms. The van der Waals surface area contributed by atoms with Crippen LogP contribution in [0.1, 0.15) is 37.6 Å². The topological polar surface area (TPSA) is 35.5 Å². The van der Waals surface area contributed by atoms with Crippen LogP contribution in [0.2, 0.25) is 12.6 Å². The summed E-state index contributed by atoms with van der Waals surface area (Å²) in [6, 6.07) is 8.50. The van der Waals surface area contributed by atoms with E-state index < -0.39 is 9.04 Å². The fraction of sp³-hybridized carbons (Fsp3) is 0.562. The van der Waals surface area contributed by atoms with E-state index in [-0.39, 0.29) is 11.2 Å². The molecule has 0 saturated carbocycles. The van der Waals surface area contributed by atoms with Crippen LogP contribution in [0.3, 0.4) is 0 Å². The molecule has 0 aliphatic rings. The summed E-state index contributed by atoms with van der Waals surface area (Å²) in [5.74, 6) is 0.972. The summed E-state index contributed by atoms with van der Waals surface area (Å²) in [5.41, 5.74) is 0.394. The lowest BCUT2D eigenvalue weighted by molar-refractivity contribution is 0.0858. The van der Waals surface area contributed by atoms with Crippen LogP contribution in [-0.4, -0.2) is 28.5 Å². The number of benzene rings is 1. The first-order chi connectivity index (χ1) is 9.34. The van der Waals surface area contributed by atoms with Crippen molar-refractivity contribution in [2.24, 2.45) is 5.41 Å². The molecule has 0 saturated heterocycles. The van der Waals surface area contributed by atoms with Crippen LogP contribution in [-0.2, 0) is 4.43 Å². The molecular weight excluding hydrogens is 268 g/mol. The minimum absolute atomic E-state index is 0.155. The third kappa shape index (κ3) is 5.47. The molecule has 0 unspecified atom stereocenters. The average molecular weight is 293 g/mol. The third-order valence-corrected chi connectivity index (χ3v) is 4.84. The Labute approximate surface area is 124 Å². The fourth-order valence-corrected chi connectivity index (χ4v) is 2.60. The van der Waals surface area contributed by atoms with Gasteiger partial charge in [0.25, 0.3) is 0 Å². The van der Waals surface area contributed by atoms with Gasteiger partial charge in [-0.1, -0.05) is 20.8 Å². The van der Waals surface area contributed by atoms with E-state index in [9.17, 15) is 4.79 Å². The highest BCUT2D eigenvalue weighted by molar-refractivity contribution is 6.50. The standard InChI is InChI=1S/C16H25O3Si/c1-16(2,3)15(17)13-7-9-14(10-8-13)19-11-6-12-20(5)18-4/h7-10H,6,11-12H2,1-5H3. The van der Waals surface area contributed by atoms with Crippen molar-refractivity contribution in [1.29, 1.82) is 0 Å². The van der Waals surface area contributed by atoms with Gasteiger partial charge < -0.3 is 9.16 Å². The second kappa shape index (κ2) is 7.60. The zero-order valence-electron chi connectivity index (χ0n) is 13.2. The zero-order valence-corrected chi connectivity index (χ0v) is 14.2. The normalized spacial score (nSPS) is 11.7. The van der Waals surface area contributed by atoms with Crippen LogP contribution >= 0.6 is 0 Å². The summed E-state index contributed by atoms with van der Waals surface area (Å²) in [6.45, 7) is 8.63. The Kier molecular flexibility index (Phi) is 6.43. The lowest BCUT2D eigenvalue weighted by Gasteiger charge is -2.16. The minimum Gasteiger partial charge on any atom is -0.494 e. The molecule has 4 heteroatoms. The number of hydrogen-bond donors (Lipinski definition) is 0. The summed E-state index contributed by atoms with van der Waals surface area (Å²) >= 11 is 0. The van der Waals surface area contributed by atoms with Crippen LogP contribution in [0.25, 0.3) is 0 Å². The van der Waals surface area contributed by atoms with E-state index in [4.69, 9.17) is 9.16 Å². The Hall–Kier alpha value is -1.13. The van der Waals surface area contributed by atoms with E-state index >= 15 is 0 Å². The largest absolute Gasteiger partial charge is 0.494 e. The van der Waals surface area contributed by atoms with Gasteiger partial charge in [-0.3, -0.25) is 4.79 Å². The number of carbonyl (C=O) groups is 1. The molecule has 3 nitrogen and oxygen atoms in total. The first kappa shape index (κ1) is 16.9. The van der Waals surface area contributed by atoms with Gasteiger partial charge in [0.15, 0.2) is 5.78 Å². The van der Waals surface area contributed by atoms with Crippen LogP contribution in [0, 0.1) is 5.41 Å². The molecule has 0 atom stereocenters. The predicted molar refractivity (Wildman–Crippen MR) is 83.8 cm³/mol. The van der Waals surface area contributed by atoms with E-state index in [0.717, 1.165) is 23.8 Å². The molecule has 1 aromatic carbocycles. The van der Waals surface area contributed by atoms with E-state index in [2.05, 4.69) is 6.55 Å². The number of Topliss-reactive ketones (excluding diaryl/α,β-unsaturated/α-hetero) is 1. The SMILES string of the molecule is CO[Si](C)CCCOc1ccc(C(=O)C(C)(C)C)cc1. The predicted octanol–water partition coefficient (Wildman–Crippen LogP) is 3.95. The van der Waals surface area contributed by atoms with E-state index in [0.29, 0.717) is 6.61 Å². The van der Waals surface area contributed by atoms with Crippen molar-refractivity contribution in [2.75, 3.05) is 13.7 Å². The zero-order chi connectivity index (χ0) is 15.2. The van der Waals surface area contributed by atoms with Crippen LogP contribution in [0.15, 0.2) is 24.3 Å².